The third-order valence-electron chi connectivity index (χ3n) is 6.78. The molecule has 33 heavy (non-hydrogen) atoms. The molecule has 184 valence electrons. The number of hydrogen-bond donors (Lipinski definition) is 0. The van der Waals surface area contributed by atoms with E-state index in [1.54, 1.807) is 0 Å². The van der Waals surface area contributed by atoms with Gasteiger partial charge in [0.2, 0.25) is 0 Å². The van der Waals surface area contributed by atoms with Gasteiger partial charge in [-0.15, -0.1) is 0 Å². The van der Waals surface area contributed by atoms with Crippen LogP contribution in [0.5, 0.6) is 11.5 Å². The third-order valence-corrected chi connectivity index (χ3v) is 6.78. The van der Waals surface area contributed by atoms with Crippen molar-refractivity contribution in [1.82, 2.24) is 0 Å². The number of unbranched alkanes of at least 4 members (excludes halogenated alkanes) is 14. The zero-order valence-corrected chi connectivity index (χ0v) is 21.8. The Morgan fingerprint density at radius 1 is 0.485 bits per heavy atom. The SMILES string of the molecule is CCCCCCCCCCc1cccc(Oc2ccccc2)c1CCCCCCCCCC. The lowest BCUT2D eigenvalue weighted by molar-refractivity contribution is 0.472. The summed E-state index contributed by atoms with van der Waals surface area (Å²) in [4.78, 5) is 0. The molecule has 0 bridgehead atoms. The molecule has 0 aliphatic rings. The fourth-order valence-electron chi connectivity index (χ4n) is 4.73. The monoisotopic (exact) mass is 450 g/mol. The highest BCUT2D eigenvalue weighted by Gasteiger charge is 2.11. The number of ether oxygens (including phenoxy) is 1. The molecule has 1 heteroatoms. The van der Waals surface area contributed by atoms with Crippen LogP contribution < -0.4 is 4.74 Å². The Morgan fingerprint density at radius 2 is 1.00 bits per heavy atom. The maximum absolute atomic E-state index is 6.36. The van der Waals surface area contributed by atoms with Crippen LogP contribution in [-0.4, -0.2) is 0 Å². The normalized spacial score (nSPS) is 11.1. The van der Waals surface area contributed by atoms with Gasteiger partial charge in [-0.1, -0.05) is 134 Å². The van der Waals surface area contributed by atoms with Crippen LogP contribution in [-0.2, 0) is 12.8 Å². The molecule has 2 aromatic rings. The second kappa shape index (κ2) is 18.6. The number of para-hydroxylation sites is 1. The topological polar surface area (TPSA) is 9.23 Å². The van der Waals surface area contributed by atoms with Gasteiger partial charge in [-0.3, -0.25) is 0 Å². The molecule has 0 radical (unpaired) electrons. The van der Waals surface area contributed by atoms with Gasteiger partial charge in [0, 0.05) is 0 Å². The van der Waals surface area contributed by atoms with E-state index in [2.05, 4.69) is 56.3 Å². The first-order valence-electron chi connectivity index (χ1n) is 14.2. The first-order chi connectivity index (χ1) is 16.3. The number of aryl methyl sites for hydroxylation is 1. The zero-order chi connectivity index (χ0) is 23.4. The molecule has 0 amide bonds. The van der Waals surface area contributed by atoms with E-state index >= 15 is 0 Å². The molecule has 0 N–H and O–H groups in total. The van der Waals surface area contributed by atoms with Crippen LogP contribution in [0.25, 0.3) is 0 Å². The third kappa shape index (κ3) is 12.3. The van der Waals surface area contributed by atoms with Gasteiger partial charge >= 0.3 is 0 Å². The predicted molar refractivity (Wildman–Crippen MR) is 146 cm³/mol. The van der Waals surface area contributed by atoms with Gasteiger partial charge in [0.15, 0.2) is 0 Å². The smallest absolute Gasteiger partial charge is 0.130 e. The largest absolute Gasteiger partial charge is 0.457 e. The Kier molecular flexibility index (Phi) is 15.5. The Labute approximate surface area is 205 Å². The summed E-state index contributed by atoms with van der Waals surface area (Å²) in [5.74, 6) is 2.01. The Bertz CT molecular complexity index is 706. The molecular formula is C32H50O. The van der Waals surface area contributed by atoms with Crippen LogP contribution in [0.3, 0.4) is 0 Å². The molecule has 0 spiro atoms. The molecule has 0 unspecified atom stereocenters. The first kappa shape index (κ1) is 27.5. The summed E-state index contributed by atoms with van der Waals surface area (Å²) in [5.41, 5.74) is 2.97. The van der Waals surface area contributed by atoms with Crippen molar-refractivity contribution < 1.29 is 4.74 Å². The molecule has 0 heterocycles. The summed E-state index contributed by atoms with van der Waals surface area (Å²) in [7, 11) is 0. The van der Waals surface area contributed by atoms with E-state index in [1.807, 2.05) is 6.07 Å². The summed E-state index contributed by atoms with van der Waals surface area (Å²) in [6, 6.07) is 17.0. The highest BCUT2D eigenvalue weighted by molar-refractivity contribution is 5.43. The Morgan fingerprint density at radius 3 is 1.58 bits per heavy atom. The van der Waals surface area contributed by atoms with E-state index < -0.39 is 0 Å². The van der Waals surface area contributed by atoms with Crippen molar-refractivity contribution >= 4 is 0 Å². The number of rotatable bonds is 20. The highest BCUT2D eigenvalue weighted by Crippen LogP contribution is 2.30. The van der Waals surface area contributed by atoms with E-state index in [1.165, 1.54) is 120 Å². The molecule has 2 aromatic carbocycles. The molecule has 0 aliphatic carbocycles. The van der Waals surface area contributed by atoms with Gasteiger partial charge in [-0.05, 0) is 55.0 Å². The predicted octanol–water partition coefficient (Wildman–Crippen LogP) is 10.8. The summed E-state index contributed by atoms with van der Waals surface area (Å²) >= 11 is 0. The van der Waals surface area contributed by atoms with Gasteiger partial charge in [0.25, 0.3) is 0 Å². The van der Waals surface area contributed by atoms with E-state index in [9.17, 15) is 0 Å². The molecule has 0 aliphatic heterocycles. The zero-order valence-electron chi connectivity index (χ0n) is 21.8. The molecule has 0 atom stereocenters. The van der Waals surface area contributed by atoms with Crippen molar-refractivity contribution in [2.75, 3.05) is 0 Å². The lowest BCUT2D eigenvalue weighted by atomic mass is 9.95. The van der Waals surface area contributed by atoms with Gasteiger partial charge < -0.3 is 4.74 Å². The minimum Gasteiger partial charge on any atom is -0.457 e. The van der Waals surface area contributed by atoms with E-state index in [-0.39, 0.29) is 0 Å². The van der Waals surface area contributed by atoms with Crippen LogP contribution in [0, 0.1) is 0 Å². The van der Waals surface area contributed by atoms with Crippen LogP contribution in [0.15, 0.2) is 48.5 Å². The fourth-order valence-corrected chi connectivity index (χ4v) is 4.73. The molecule has 0 fully saturated rings. The maximum atomic E-state index is 6.36. The molecule has 0 aromatic heterocycles. The van der Waals surface area contributed by atoms with Crippen LogP contribution >= 0.6 is 0 Å². The first-order valence-corrected chi connectivity index (χ1v) is 14.2. The summed E-state index contributed by atoms with van der Waals surface area (Å²) in [6.07, 6.45) is 24.3. The van der Waals surface area contributed by atoms with Gasteiger partial charge in [0.1, 0.15) is 11.5 Å². The van der Waals surface area contributed by atoms with Gasteiger partial charge in [0.05, 0.1) is 0 Å². The Hall–Kier alpha value is -1.76. The van der Waals surface area contributed by atoms with Gasteiger partial charge in [-0.25, -0.2) is 0 Å². The molecule has 1 nitrogen and oxygen atoms in total. The van der Waals surface area contributed by atoms with Crippen molar-refractivity contribution in [3.63, 3.8) is 0 Å². The summed E-state index contributed by atoms with van der Waals surface area (Å²) in [6.45, 7) is 4.58. The average Bonchev–Trinajstić information content (AvgIpc) is 2.84. The lowest BCUT2D eigenvalue weighted by Gasteiger charge is -2.16. The van der Waals surface area contributed by atoms with Crippen molar-refractivity contribution in [1.29, 1.82) is 0 Å². The average molecular weight is 451 g/mol. The lowest BCUT2D eigenvalue weighted by Crippen LogP contribution is -1.99. The summed E-state index contributed by atoms with van der Waals surface area (Å²) < 4.78 is 6.36. The van der Waals surface area contributed by atoms with Crippen LogP contribution in [0.4, 0.5) is 0 Å². The van der Waals surface area contributed by atoms with Gasteiger partial charge in [-0.2, -0.15) is 0 Å². The molecule has 2 rings (SSSR count). The summed E-state index contributed by atoms with van der Waals surface area (Å²) in [5, 5.41) is 0. The van der Waals surface area contributed by atoms with Crippen molar-refractivity contribution in [3.05, 3.63) is 59.7 Å². The highest BCUT2D eigenvalue weighted by atomic mass is 16.5. The van der Waals surface area contributed by atoms with Crippen LogP contribution in [0.1, 0.15) is 128 Å². The maximum Gasteiger partial charge on any atom is 0.130 e. The van der Waals surface area contributed by atoms with E-state index in [4.69, 9.17) is 4.74 Å². The van der Waals surface area contributed by atoms with E-state index in [0.717, 1.165) is 17.9 Å². The molecule has 0 saturated carbocycles. The minimum atomic E-state index is 0.943. The number of benzene rings is 2. The minimum absolute atomic E-state index is 0.943. The Balaban J connectivity index is 1.86. The fraction of sp³-hybridized carbons (Fsp3) is 0.625. The molecule has 0 saturated heterocycles. The molecular weight excluding hydrogens is 400 g/mol. The van der Waals surface area contributed by atoms with Crippen molar-refractivity contribution in [3.8, 4) is 11.5 Å². The van der Waals surface area contributed by atoms with Crippen molar-refractivity contribution in [2.24, 2.45) is 0 Å². The quantitative estimate of drug-likeness (QED) is 0.182. The number of hydrogen-bond acceptors (Lipinski definition) is 1. The standard InChI is InChI=1S/C32H50O/c1-3-5-7-9-11-13-15-18-23-29-24-22-28-32(33-30-25-19-17-20-26-30)31(29)27-21-16-14-12-10-8-6-4-2/h17,19-20,22,24-26,28H,3-16,18,21,23,27H2,1-2H3. The van der Waals surface area contributed by atoms with E-state index in [0.29, 0.717) is 0 Å². The van der Waals surface area contributed by atoms with Crippen LogP contribution in [0.2, 0.25) is 0 Å². The second-order valence-electron chi connectivity index (χ2n) is 9.76. The van der Waals surface area contributed by atoms with Crippen molar-refractivity contribution in [2.45, 2.75) is 129 Å². The second-order valence-corrected chi connectivity index (χ2v) is 9.76.